The van der Waals surface area contributed by atoms with Crippen molar-refractivity contribution in [2.75, 3.05) is 9.80 Å². The molecule has 0 aliphatic carbocycles. The number of fused-ring (bicyclic) bond motifs is 7. The van der Waals surface area contributed by atoms with Crippen molar-refractivity contribution in [3.8, 4) is 22.3 Å². The summed E-state index contributed by atoms with van der Waals surface area (Å²) in [7, 11) is 0. The number of nitrogens with zero attached hydrogens (tertiary/aromatic N) is 2. The molecule has 0 N–H and O–H groups in total. The molecule has 0 radical (unpaired) electrons. The Morgan fingerprint density at radius 1 is 0.403 bits per heavy atom. The maximum absolute atomic E-state index is 6.85. The first-order chi connectivity index (χ1) is 30.5. The Morgan fingerprint density at radius 2 is 1.02 bits per heavy atom. The second kappa shape index (κ2) is 14.1. The summed E-state index contributed by atoms with van der Waals surface area (Å²) in [5.41, 5.74) is 15.2. The molecule has 0 fully saturated rings. The minimum absolute atomic E-state index is 0.262. The third-order valence-electron chi connectivity index (χ3n) is 13.0. The van der Waals surface area contributed by atoms with E-state index in [1.807, 2.05) is 6.07 Å². The number of rotatable bonds is 6. The Kier molecular flexibility index (Phi) is 8.20. The van der Waals surface area contributed by atoms with Crippen LogP contribution in [0.4, 0.5) is 34.1 Å². The van der Waals surface area contributed by atoms with Crippen LogP contribution in [0.25, 0.3) is 65.7 Å². The van der Waals surface area contributed by atoms with Crippen LogP contribution >= 0.6 is 0 Å². The van der Waals surface area contributed by atoms with E-state index in [0.717, 1.165) is 55.6 Å². The van der Waals surface area contributed by atoms with Gasteiger partial charge in [-0.15, -0.1) is 0 Å². The van der Waals surface area contributed by atoms with Crippen molar-refractivity contribution in [2.45, 2.75) is 19.3 Å². The van der Waals surface area contributed by atoms with E-state index in [0.29, 0.717) is 0 Å². The van der Waals surface area contributed by atoms with Crippen LogP contribution in [0.2, 0.25) is 0 Å². The zero-order chi connectivity index (χ0) is 41.4. The van der Waals surface area contributed by atoms with Crippen LogP contribution in [-0.4, -0.2) is 0 Å². The molecule has 10 aromatic carbocycles. The summed E-state index contributed by atoms with van der Waals surface area (Å²) in [5, 5.41) is 6.98. The van der Waals surface area contributed by atoms with E-state index in [4.69, 9.17) is 4.42 Å². The predicted octanol–water partition coefficient (Wildman–Crippen LogP) is 16.8. The van der Waals surface area contributed by atoms with Crippen molar-refractivity contribution < 1.29 is 4.42 Å². The Labute approximate surface area is 361 Å². The highest BCUT2D eigenvalue weighted by molar-refractivity contribution is 6.13. The molecular formula is C59H42N2O. The van der Waals surface area contributed by atoms with E-state index in [1.165, 1.54) is 55.4 Å². The molecule has 62 heavy (non-hydrogen) atoms. The lowest BCUT2D eigenvalue weighted by molar-refractivity contribution is 0.632. The zero-order valence-electron chi connectivity index (χ0n) is 34.6. The second-order valence-electron chi connectivity index (χ2n) is 16.9. The Bertz CT molecular complexity index is 3510. The van der Waals surface area contributed by atoms with Gasteiger partial charge in [0.1, 0.15) is 5.58 Å². The minimum Gasteiger partial charge on any atom is -0.454 e. The van der Waals surface area contributed by atoms with Crippen molar-refractivity contribution >= 4 is 77.6 Å². The maximum Gasteiger partial charge on any atom is 0.159 e. The maximum atomic E-state index is 6.85. The van der Waals surface area contributed by atoms with E-state index < -0.39 is 0 Å². The molecule has 0 atom stereocenters. The van der Waals surface area contributed by atoms with Gasteiger partial charge in [0.15, 0.2) is 5.58 Å². The lowest BCUT2D eigenvalue weighted by Crippen LogP contribution is -2.31. The molecule has 0 spiro atoms. The van der Waals surface area contributed by atoms with Crippen LogP contribution in [0, 0.1) is 0 Å². The topological polar surface area (TPSA) is 19.6 Å². The van der Waals surface area contributed by atoms with Gasteiger partial charge >= 0.3 is 0 Å². The van der Waals surface area contributed by atoms with Gasteiger partial charge in [-0.3, -0.25) is 0 Å². The molecule has 1 aromatic heterocycles. The number of hydrogen-bond donors (Lipinski definition) is 0. The van der Waals surface area contributed by atoms with Gasteiger partial charge in [-0.05, 0) is 98.1 Å². The number of furan rings is 1. The quantitative estimate of drug-likeness (QED) is 0.167. The van der Waals surface area contributed by atoms with Crippen molar-refractivity contribution in [2.24, 2.45) is 0 Å². The summed E-state index contributed by atoms with van der Waals surface area (Å²) in [6, 6.07) is 79.4. The Balaban J connectivity index is 1.16. The number of para-hydroxylation sites is 3. The molecule has 2 heterocycles. The summed E-state index contributed by atoms with van der Waals surface area (Å²) in [6.45, 7) is 4.73. The SMILES string of the molecule is CC1(C)c2ccccc2N(c2c(N(c3ccc(-c4ccccc4)cc3)c3cccc4c3oc3ccccc34)ccc3ccccc23)c2cc(-c3ccc4ccccc4c3)ccc21. The van der Waals surface area contributed by atoms with Gasteiger partial charge in [0.2, 0.25) is 0 Å². The zero-order valence-corrected chi connectivity index (χ0v) is 34.6. The fourth-order valence-corrected chi connectivity index (χ4v) is 9.92. The van der Waals surface area contributed by atoms with E-state index in [-0.39, 0.29) is 5.41 Å². The minimum atomic E-state index is -0.262. The third kappa shape index (κ3) is 5.66. The number of anilines is 6. The van der Waals surface area contributed by atoms with E-state index >= 15 is 0 Å². The van der Waals surface area contributed by atoms with E-state index in [1.54, 1.807) is 0 Å². The Morgan fingerprint density at radius 3 is 1.87 bits per heavy atom. The first-order valence-corrected chi connectivity index (χ1v) is 21.4. The predicted molar refractivity (Wildman–Crippen MR) is 261 cm³/mol. The highest BCUT2D eigenvalue weighted by Gasteiger charge is 2.39. The van der Waals surface area contributed by atoms with Crippen LogP contribution in [0.15, 0.2) is 223 Å². The standard InChI is InChI=1S/C59H42N2O/c1-59(2)50-23-11-12-24-52(50)61(55-38-45(31-35-51(55)59)44-28-27-40-17-6-7-19-43(40)37-44)57-47-20-9-8-18-42(47)32-36-53(57)60(46-33-29-41(30-34-46)39-15-4-3-5-16-39)54-25-14-22-49-48-21-10-13-26-56(48)62-58(49)54/h3-38H,1-2H3. The van der Waals surface area contributed by atoms with Gasteiger partial charge in [0.25, 0.3) is 0 Å². The van der Waals surface area contributed by atoms with E-state index in [9.17, 15) is 0 Å². The van der Waals surface area contributed by atoms with Crippen molar-refractivity contribution in [1.82, 2.24) is 0 Å². The smallest absolute Gasteiger partial charge is 0.159 e. The molecule has 3 heteroatoms. The summed E-state index contributed by atoms with van der Waals surface area (Å²) >= 11 is 0. The lowest BCUT2D eigenvalue weighted by Gasteiger charge is -2.44. The molecule has 0 unspecified atom stereocenters. The molecule has 11 aromatic rings. The van der Waals surface area contributed by atoms with Crippen LogP contribution in [-0.2, 0) is 5.41 Å². The first kappa shape index (κ1) is 36.0. The molecule has 1 aliphatic heterocycles. The van der Waals surface area contributed by atoms with E-state index in [2.05, 4.69) is 236 Å². The largest absolute Gasteiger partial charge is 0.454 e. The molecule has 0 bridgehead atoms. The summed E-state index contributed by atoms with van der Waals surface area (Å²) < 4.78 is 6.85. The van der Waals surface area contributed by atoms with Crippen LogP contribution in [0.1, 0.15) is 25.0 Å². The fourth-order valence-electron chi connectivity index (χ4n) is 9.92. The van der Waals surface area contributed by atoms with Gasteiger partial charge in [0.05, 0.1) is 28.4 Å². The molecular weight excluding hydrogens is 753 g/mol. The molecule has 12 rings (SSSR count). The van der Waals surface area contributed by atoms with Crippen molar-refractivity contribution in [3.05, 3.63) is 230 Å². The Hall–Kier alpha value is -7.88. The summed E-state index contributed by atoms with van der Waals surface area (Å²) in [4.78, 5) is 4.96. The molecule has 0 saturated heterocycles. The monoisotopic (exact) mass is 794 g/mol. The van der Waals surface area contributed by atoms with Gasteiger partial charge in [-0.2, -0.15) is 0 Å². The van der Waals surface area contributed by atoms with Crippen LogP contribution < -0.4 is 9.80 Å². The number of hydrogen-bond acceptors (Lipinski definition) is 3. The van der Waals surface area contributed by atoms with Crippen molar-refractivity contribution in [1.29, 1.82) is 0 Å². The molecule has 294 valence electrons. The average molecular weight is 795 g/mol. The van der Waals surface area contributed by atoms with Gasteiger partial charge in [-0.1, -0.05) is 184 Å². The lowest BCUT2D eigenvalue weighted by atomic mass is 9.73. The van der Waals surface area contributed by atoms with Gasteiger partial charge in [0, 0.05) is 27.3 Å². The highest BCUT2D eigenvalue weighted by atomic mass is 16.3. The fraction of sp³-hybridized carbons (Fsp3) is 0.0508. The van der Waals surface area contributed by atoms with Gasteiger partial charge in [-0.25, -0.2) is 0 Å². The molecule has 3 nitrogen and oxygen atoms in total. The highest BCUT2D eigenvalue weighted by Crippen LogP contribution is 2.57. The summed E-state index contributed by atoms with van der Waals surface area (Å²) in [5.74, 6) is 0. The van der Waals surface area contributed by atoms with Crippen LogP contribution in [0.5, 0.6) is 0 Å². The summed E-state index contributed by atoms with van der Waals surface area (Å²) in [6.07, 6.45) is 0. The third-order valence-corrected chi connectivity index (χ3v) is 13.0. The normalized spacial score (nSPS) is 13.1. The first-order valence-electron chi connectivity index (χ1n) is 21.4. The van der Waals surface area contributed by atoms with Crippen LogP contribution in [0.3, 0.4) is 0 Å². The van der Waals surface area contributed by atoms with Gasteiger partial charge < -0.3 is 14.2 Å². The molecule has 0 amide bonds. The van der Waals surface area contributed by atoms with Crippen molar-refractivity contribution in [3.63, 3.8) is 0 Å². The molecule has 0 saturated carbocycles. The average Bonchev–Trinajstić information content (AvgIpc) is 3.72. The molecule has 1 aliphatic rings. The number of benzene rings is 10. The second-order valence-corrected chi connectivity index (χ2v) is 16.9.